The molecule has 1 aliphatic carbocycles. The number of sulfonamides is 1. The summed E-state index contributed by atoms with van der Waals surface area (Å²) in [7, 11) is -2.00. The summed E-state index contributed by atoms with van der Waals surface area (Å²) in [6.45, 7) is 3.37. The fraction of sp³-hybridized carbons (Fsp3) is 0.438. The van der Waals surface area contributed by atoms with Gasteiger partial charge in [-0.15, -0.1) is 0 Å². The van der Waals surface area contributed by atoms with E-state index in [9.17, 15) is 13.5 Å². The van der Waals surface area contributed by atoms with Gasteiger partial charge in [-0.2, -0.15) is 5.10 Å². The second-order valence-corrected chi connectivity index (χ2v) is 8.00. The smallest absolute Gasteiger partial charge is 0.244 e. The van der Waals surface area contributed by atoms with Crippen LogP contribution in [0.25, 0.3) is 0 Å². The number of benzene rings is 1. The van der Waals surface area contributed by atoms with Crippen molar-refractivity contribution >= 4 is 10.0 Å². The number of aromatic nitrogens is 2. The van der Waals surface area contributed by atoms with Gasteiger partial charge in [0, 0.05) is 26.4 Å². The van der Waals surface area contributed by atoms with Crippen LogP contribution >= 0.6 is 0 Å². The zero-order valence-electron chi connectivity index (χ0n) is 13.5. The summed E-state index contributed by atoms with van der Waals surface area (Å²) in [5, 5.41) is 14.9. The normalized spacial score (nSPS) is 16.5. The zero-order valence-corrected chi connectivity index (χ0v) is 14.3. The highest BCUT2D eigenvalue weighted by Crippen LogP contribution is 2.30. The lowest BCUT2D eigenvalue weighted by molar-refractivity contribution is 0.0567. The minimum absolute atomic E-state index is 0.0161. The molecule has 0 spiro atoms. The molecule has 2 N–H and O–H groups in total. The molecule has 1 aromatic carbocycles. The van der Waals surface area contributed by atoms with Crippen LogP contribution in [0.15, 0.2) is 29.2 Å². The van der Waals surface area contributed by atoms with Crippen LogP contribution in [0.4, 0.5) is 0 Å². The number of nitrogens with one attached hydrogen (secondary N) is 1. The highest BCUT2D eigenvalue weighted by Gasteiger charge is 2.36. The van der Waals surface area contributed by atoms with Gasteiger partial charge in [0.25, 0.3) is 0 Å². The maximum Gasteiger partial charge on any atom is 0.244 e. The molecule has 0 fully saturated rings. The lowest BCUT2D eigenvalue weighted by Gasteiger charge is -2.22. The molecule has 1 aromatic heterocycles. The van der Waals surface area contributed by atoms with Gasteiger partial charge < -0.3 is 5.11 Å². The first-order valence-corrected chi connectivity index (χ1v) is 8.99. The Morgan fingerprint density at radius 3 is 2.30 bits per heavy atom. The molecule has 0 saturated carbocycles. The van der Waals surface area contributed by atoms with Crippen LogP contribution in [0.1, 0.15) is 22.5 Å². The largest absolute Gasteiger partial charge is 0.388 e. The van der Waals surface area contributed by atoms with Crippen molar-refractivity contribution in [2.24, 2.45) is 7.05 Å². The second-order valence-electron chi connectivity index (χ2n) is 6.29. The highest BCUT2D eigenvalue weighted by atomic mass is 32.2. The van der Waals surface area contributed by atoms with Gasteiger partial charge in [0.2, 0.25) is 10.0 Å². The summed E-state index contributed by atoms with van der Waals surface area (Å²) >= 11 is 0. The molecule has 0 saturated heterocycles. The molecule has 0 atom stereocenters. The number of nitrogens with zero attached hydrogens (tertiary/aromatic N) is 2. The topological polar surface area (TPSA) is 84.2 Å². The third-order valence-corrected chi connectivity index (χ3v) is 6.11. The van der Waals surface area contributed by atoms with Crippen LogP contribution in [0.2, 0.25) is 0 Å². The summed E-state index contributed by atoms with van der Waals surface area (Å²) in [5.74, 6) is 0. The van der Waals surface area contributed by atoms with E-state index in [1.54, 1.807) is 25.6 Å². The van der Waals surface area contributed by atoms with Gasteiger partial charge in [-0.3, -0.25) is 4.68 Å². The van der Waals surface area contributed by atoms with Crippen molar-refractivity contribution in [1.29, 1.82) is 0 Å². The first-order valence-electron chi connectivity index (χ1n) is 7.51. The molecule has 2 aromatic rings. The Balaban J connectivity index is 1.78. The minimum atomic E-state index is -3.71. The molecule has 0 aliphatic heterocycles. The first kappa shape index (κ1) is 16.2. The molecular formula is C16H21N3O3S. The van der Waals surface area contributed by atoms with Crippen LogP contribution in [-0.2, 0) is 29.9 Å². The molecule has 0 radical (unpaired) electrons. The quantitative estimate of drug-likeness (QED) is 0.867. The van der Waals surface area contributed by atoms with Crippen LogP contribution in [0, 0.1) is 13.8 Å². The molecule has 124 valence electrons. The number of aliphatic hydroxyl groups is 1. The molecule has 0 unspecified atom stereocenters. The maximum absolute atomic E-state index is 12.6. The predicted octanol–water partition coefficient (Wildman–Crippen LogP) is 0.845. The third-order valence-electron chi connectivity index (χ3n) is 4.46. The van der Waals surface area contributed by atoms with Gasteiger partial charge in [0.15, 0.2) is 0 Å². The Kier molecular flexibility index (Phi) is 3.82. The fourth-order valence-corrected chi connectivity index (χ4v) is 4.80. The summed E-state index contributed by atoms with van der Waals surface area (Å²) < 4.78 is 29.3. The first-order chi connectivity index (χ1) is 10.7. The van der Waals surface area contributed by atoms with Crippen molar-refractivity contribution < 1.29 is 13.5 Å². The molecule has 1 heterocycles. The molecule has 6 nitrogen and oxygen atoms in total. The van der Waals surface area contributed by atoms with E-state index in [1.807, 2.05) is 24.3 Å². The third kappa shape index (κ3) is 2.91. The van der Waals surface area contributed by atoms with Crippen molar-refractivity contribution in [3.05, 3.63) is 46.8 Å². The predicted molar refractivity (Wildman–Crippen MR) is 86.7 cm³/mol. The van der Waals surface area contributed by atoms with Gasteiger partial charge in [-0.1, -0.05) is 24.3 Å². The summed E-state index contributed by atoms with van der Waals surface area (Å²) in [6.07, 6.45) is 0.910. The number of hydrogen-bond acceptors (Lipinski definition) is 4. The second kappa shape index (κ2) is 5.43. The summed E-state index contributed by atoms with van der Waals surface area (Å²) in [5.41, 5.74) is 2.10. The number of aryl methyl sites for hydroxylation is 2. The number of hydrogen-bond donors (Lipinski definition) is 2. The van der Waals surface area contributed by atoms with E-state index in [4.69, 9.17) is 0 Å². The van der Waals surface area contributed by atoms with E-state index < -0.39 is 15.6 Å². The average molecular weight is 335 g/mol. The average Bonchev–Trinajstić information content (AvgIpc) is 2.94. The molecule has 3 rings (SSSR count). The SMILES string of the molecule is Cc1nn(C)c(C)c1S(=O)(=O)NCC1(O)Cc2ccccc2C1. The van der Waals surface area contributed by atoms with Crippen LogP contribution in [-0.4, -0.2) is 35.5 Å². The van der Waals surface area contributed by atoms with Crippen molar-refractivity contribution in [3.8, 4) is 0 Å². The molecule has 0 amide bonds. The molecular weight excluding hydrogens is 314 g/mol. The lowest BCUT2D eigenvalue weighted by Crippen LogP contribution is -2.43. The molecule has 1 aliphatic rings. The van der Waals surface area contributed by atoms with E-state index in [0.717, 1.165) is 11.1 Å². The van der Waals surface area contributed by atoms with Gasteiger partial charge >= 0.3 is 0 Å². The van der Waals surface area contributed by atoms with Crippen LogP contribution in [0.3, 0.4) is 0 Å². The lowest BCUT2D eigenvalue weighted by atomic mass is 10.0. The van der Waals surface area contributed by atoms with E-state index in [2.05, 4.69) is 9.82 Å². The Hall–Kier alpha value is -1.70. The Bertz CT molecular complexity index is 830. The maximum atomic E-state index is 12.6. The molecule has 0 bridgehead atoms. The van der Waals surface area contributed by atoms with Gasteiger partial charge in [0.1, 0.15) is 4.90 Å². The Labute approximate surface area is 136 Å². The standard InChI is InChI=1S/C16H21N3O3S/c1-11-15(12(2)19(3)18-11)23(21,22)17-10-16(20)8-13-6-4-5-7-14(13)9-16/h4-7,17,20H,8-10H2,1-3H3. The van der Waals surface area contributed by atoms with Crippen molar-refractivity contribution in [1.82, 2.24) is 14.5 Å². The Morgan fingerprint density at radius 2 is 1.83 bits per heavy atom. The highest BCUT2D eigenvalue weighted by molar-refractivity contribution is 7.89. The number of fused-ring (bicyclic) bond motifs is 1. The van der Waals surface area contributed by atoms with E-state index in [-0.39, 0.29) is 11.4 Å². The van der Waals surface area contributed by atoms with Crippen molar-refractivity contribution in [2.45, 2.75) is 37.2 Å². The molecule has 23 heavy (non-hydrogen) atoms. The van der Waals surface area contributed by atoms with Crippen LogP contribution < -0.4 is 4.72 Å². The number of rotatable bonds is 4. The fourth-order valence-electron chi connectivity index (χ4n) is 3.24. The summed E-state index contributed by atoms with van der Waals surface area (Å²) in [6, 6.07) is 7.79. The van der Waals surface area contributed by atoms with E-state index >= 15 is 0 Å². The monoisotopic (exact) mass is 335 g/mol. The van der Waals surface area contributed by atoms with Crippen molar-refractivity contribution in [2.75, 3.05) is 6.54 Å². The van der Waals surface area contributed by atoms with Gasteiger partial charge in [-0.25, -0.2) is 13.1 Å². The van der Waals surface area contributed by atoms with E-state index in [0.29, 0.717) is 24.2 Å². The zero-order chi connectivity index (χ0) is 16.8. The summed E-state index contributed by atoms with van der Waals surface area (Å²) in [4.78, 5) is 0.194. The van der Waals surface area contributed by atoms with E-state index in [1.165, 1.54) is 0 Å². The minimum Gasteiger partial charge on any atom is -0.388 e. The Morgan fingerprint density at radius 1 is 1.26 bits per heavy atom. The van der Waals surface area contributed by atoms with Gasteiger partial charge in [-0.05, 0) is 25.0 Å². The molecule has 7 heteroatoms. The van der Waals surface area contributed by atoms with Crippen molar-refractivity contribution in [3.63, 3.8) is 0 Å². The van der Waals surface area contributed by atoms with Crippen LogP contribution in [0.5, 0.6) is 0 Å². The van der Waals surface area contributed by atoms with Gasteiger partial charge in [0.05, 0.1) is 17.0 Å².